The summed E-state index contributed by atoms with van der Waals surface area (Å²) in [6.07, 6.45) is 3.93. The predicted octanol–water partition coefficient (Wildman–Crippen LogP) is 3.94. The van der Waals surface area contributed by atoms with Gasteiger partial charge in [0.05, 0.1) is 12.8 Å². The minimum atomic E-state index is 0.430. The third kappa shape index (κ3) is 3.74. The molecule has 0 aliphatic carbocycles. The fraction of sp³-hybridized carbons (Fsp3) is 0.500. The summed E-state index contributed by atoms with van der Waals surface area (Å²) in [4.78, 5) is 11.3. The van der Waals surface area contributed by atoms with E-state index >= 15 is 0 Å². The van der Waals surface area contributed by atoms with Crippen molar-refractivity contribution < 1.29 is 4.74 Å². The van der Waals surface area contributed by atoms with E-state index in [0.29, 0.717) is 17.6 Å². The molecule has 1 atom stereocenters. The SMILES string of the molecule is COc1ccc(C(C)C)cc1CN1CCCC(c2cc(C)nc3ncnn23)C1. The maximum absolute atomic E-state index is 5.64. The molecule has 1 aromatic carbocycles. The van der Waals surface area contributed by atoms with Crippen LogP contribution >= 0.6 is 0 Å². The van der Waals surface area contributed by atoms with E-state index in [0.717, 1.165) is 37.5 Å². The molecule has 1 saturated heterocycles. The van der Waals surface area contributed by atoms with Crippen LogP contribution in [-0.2, 0) is 6.54 Å². The third-order valence-corrected chi connectivity index (χ3v) is 5.70. The van der Waals surface area contributed by atoms with Crippen molar-refractivity contribution in [3.63, 3.8) is 0 Å². The number of methoxy groups -OCH3 is 1. The molecule has 148 valence electrons. The van der Waals surface area contributed by atoms with Crippen molar-refractivity contribution in [1.29, 1.82) is 0 Å². The summed E-state index contributed by atoms with van der Waals surface area (Å²) in [5.41, 5.74) is 4.84. The monoisotopic (exact) mass is 379 g/mol. The number of rotatable bonds is 5. The second kappa shape index (κ2) is 7.87. The standard InChI is InChI=1S/C22H29N5O/c1-15(2)17-7-8-21(28-4)19(11-17)13-26-9-5-6-18(12-26)20-10-16(3)25-22-23-14-24-27(20)22/h7-8,10-11,14-15,18H,5-6,9,12-13H2,1-4H3. The number of aromatic nitrogens is 4. The highest BCUT2D eigenvalue weighted by Crippen LogP contribution is 2.30. The molecular formula is C22H29N5O. The molecule has 1 fully saturated rings. The molecule has 2 aromatic heterocycles. The Morgan fingerprint density at radius 3 is 2.89 bits per heavy atom. The second-order valence-corrected chi connectivity index (χ2v) is 8.09. The van der Waals surface area contributed by atoms with Gasteiger partial charge in [-0.2, -0.15) is 10.1 Å². The first-order valence-electron chi connectivity index (χ1n) is 10.1. The van der Waals surface area contributed by atoms with Crippen LogP contribution in [0.4, 0.5) is 0 Å². The largest absolute Gasteiger partial charge is 0.496 e. The van der Waals surface area contributed by atoms with Crippen molar-refractivity contribution in [3.05, 3.63) is 53.1 Å². The summed E-state index contributed by atoms with van der Waals surface area (Å²) < 4.78 is 7.54. The van der Waals surface area contributed by atoms with Crippen molar-refractivity contribution in [2.75, 3.05) is 20.2 Å². The Morgan fingerprint density at radius 2 is 2.11 bits per heavy atom. The number of likely N-dealkylation sites (tertiary alicyclic amines) is 1. The molecular weight excluding hydrogens is 350 g/mol. The lowest BCUT2D eigenvalue weighted by Gasteiger charge is -2.33. The van der Waals surface area contributed by atoms with Gasteiger partial charge in [0.1, 0.15) is 12.1 Å². The molecule has 1 unspecified atom stereocenters. The Kier molecular flexibility index (Phi) is 5.31. The van der Waals surface area contributed by atoms with Crippen molar-refractivity contribution in [3.8, 4) is 5.75 Å². The summed E-state index contributed by atoms with van der Waals surface area (Å²) in [6, 6.07) is 8.75. The summed E-state index contributed by atoms with van der Waals surface area (Å²) in [6.45, 7) is 9.52. The fourth-order valence-electron chi connectivity index (χ4n) is 4.21. The lowest BCUT2D eigenvalue weighted by atomic mass is 9.93. The topological polar surface area (TPSA) is 55.5 Å². The number of aryl methyl sites for hydroxylation is 1. The molecule has 3 aromatic rings. The number of piperidine rings is 1. The summed E-state index contributed by atoms with van der Waals surface area (Å²) in [5.74, 6) is 2.61. The predicted molar refractivity (Wildman–Crippen MR) is 110 cm³/mol. The molecule has 0 N–H and O–H groups in total. The quantitative estimate of drug-likeness (QED) is 0.672. The lowest BCUT2D eigenvalue weighted by Crippen LogP contribution is -2.34. The Balaban J connectivity index is 1.58. The van der Waals surface area contributed by atoms with Crippen molar-refractivity contribution in [1.82, 2.24) is 24.5 Å². The highest BCUT2D eigenvalue weighted by atomic mass is 16.5. The van der Waals surface area contributed by atoms with Gasteiger partial charge in [-0.05, 0) is 49.9 Å². The van der Waals surface area contributed by atoms with Gasteiger partial charge in [-0.15, -0.1) is 0 Å². The van der Waals surface area contributed by atoms with E-state index in [4.69, 9.17) is 4.74 Å². The minimum Gasteiger partial charge on any atom is -0.496 e. The number of ether oxygens (including phenoxy) is 1. The zero-order chi connectivity index (χ0) is 19.7. The molecule has 3 heterocycles. The third-order valence-electron chi connectivity index (χ3n) is 5.70. The van der Waals surface area contributed by atoms with E-state index in [1.54, 1.807) is 13.4 Å². The van der Waals surface area contributed by atoms with Crippen molar-refractivity contribution in [2.24, 2.45) is 0 Å². The van der Waals surface area contributed by atoms with E-state index in [1.807, 2.05) is 11.4 Å². The van der Waals surface area contributed by atoms with Crippen molar-refractivity contribution in [2.45, 2.75) is 52.0 Å². The minimum absolute atomic E-state index is 0.430. The van der Waals surface area contributed by atoms with Crippen LogP contribution in [0.2, 0.25) is 0 Å². The van der Waals surface area contributed by atoms with Gasteiger partial charge >= 0.3 is 0 Å². The summed E-state index contributed by atoms with van der Waals surface area (Å²) >= 11 is 0. The molecule has 0 radical (unpaired) electrons. The van der Waals surface area contributed by atoms with E-state index in [1.165, 1.54) is 23.2 Å². The number of hydrogen-bond donors (Lipinski definition) is 0. The van der Waals surface area contributed by atoms with Crippen LogP contribution in [0.1, 0.15) is 61.0 Å². The Hall–Kier alpha value is -2.47. The first-order chi connectivity index (χ1) is 13.5. The van der Waals surface area contributed by atoms with Crippen LogP contribution in [0.15, 0.2) is 30.6 Å². The number of nitrogens with zero attached hydrogens (tertiary/aromatic N) is 5. The molecule has 6 nitrogen and oxygen atoms in total. The average Bonchev–Trinajstić information content (AvgIpc) is 3.15. The normalized spacial score (nSPS) is 18.1. The van der Waals surface area contributed by atoms with Crippen LogP contribution in [0, 0.1) is 6.92 Å². The van der Waals surface area contributed by atoms with Gasteiger partial charge < -0.3 is 4.74 Å². The van der Waals surface area contributed by atoms with Gasteiger partial charge in [0.15, 0.2) is 0 Å². The molecule has 0 bridgehead atoms. The van der Waals surface area contributed by atoms with Crippen LogP contribution < -0.4 is 4.74 Å². The van der Waals surface area contributed by atoms with Gasteiger partial charge in [0.2, 0.25) is 0 Å². The van der Waals surface area contributed by atoms with Crippen LogP contribution in [0.5, 0.6) is 5.75 Å². The first-order valence-corrected chi connectivity index (χ1v) is 10.1. The summed E-state index contributed by atoms with van der Waals surface area (Å²) in [5, 5.41) is 4.41. The molecule has 6 heteroatoms. The molecule has 0 amide bonds. The van der Waals surface area contributed by atoms with E-state index < -0.39 is 0 Å². The van der Waals surface area contributed by atoms with Gasteiger partial charge in [0, 0.05) is 30.3 Å². The van der Waals surface area contributed by atoms with E-state index in [9.17, 15) is 0 Å². The molecule has 4 rings (SSSR count). The van der Waals surface area contributed by atoms with Gasteiger partial charge in [-0.3, -0.25) is 4.90 Å². The number of benzene rings is 1. The first kappa shape index (κ1) is 18.9. The van der Waals surface area contributed by atoms with Crippen LogP contribution in [0.25, 0.3) is 5.78 Å². The van der Waals surface area contributed by atoms with E-state index in [-0.39, 0.29) is 0 Å². The Labute approximate surface area is 166 Å². The van der Waals surface area contributed by atoms with Gasteiger partial charge in [-0.25, -0.2) is 9.50 Å². The fourth-order valence-corrected chi connectivity index (χ4v) is 4.21. The van der Waals surface area contributed by atoms with E-state index in [2.05, 4.69) is 58.1 Å². The molecule has 28 heavy (non-hydrogen) atoms. The number of fused-ring (bicyclic) bond motifs is 1. The maximum Gasteiger partial charge on any atom is 0.252 e. The van der Waals surface area contributed by atoms with Crippen LogP contribution in [-0.4, -0.2) is 44.7 Å². The molecule has 1 aliphatic heterocycles. The highest BCUT2D eigenvalue weighted by Gasteiger charge is 2.25. The van der Waals surface area contributed by atoms with Gasteiger partial charge in [0.25, 0.3) is 5.78 Å². The summed E-state index contributed by atoms with van der Waals surface area (Å²) in [7, 11) is 1.76. The van der Waals surface area contributed by atoms with Gasteiger partial charge in [-0.1, -0.05) is 26.0 Å². The highest BCUT2D eigenvalue weighted by molar-refractivity contribution is 5.38. The lowest BCUT2D eigenvalue weighted by molar-refractivity contribution is 0.195. The smallest absolute Gasteiger partial charge is 0.252 e. The number of hydrogen-bond acceptors (Lipinski definition) is 5. The zero-order valence-electron chi connectivity index (χ0n) is 17.2. The average molecular weight is 380 g/mol. The molecule has 1 aliphatic rings. The molecule has 0 spiro atoms. The van der Waals surface area contributed by atoms with Crippen LogP contribution in [0.3, 0.4) is 0 Å². The van der Waals surface area contributed by atoms with Crippen molar-refractivity contribution >= 4 is 5.78 Å². The Morgan fingerprint density at radius 1 is 1.25 bits per heavy atom. The second-order valence-electron chi connectivity index (χ2n) is 8.09. The molecule has 0 saturated carbocycles. The maximum atomic E-state index is 5.64. The zero-order valence-corrected chi connectivity index (χ0v) is 17.2. The Bertz CT molecular complexity index is 965.